The Kier molecular flexibility index (Phi) is 8.66. The number of carbonyl (C=O) groups is 1. The number of nitrogens with one attached hydrogen (secondary N) is 2. The molecule has 0 saturated carbocycles. The molecule has 1 atom stereocenters. The summed E-state index contributed by atoms with van der Waals surface area (Å²) in [5, 5.41) is 5.78. The zero-order chi connectivity index (χ0) is 15.5. The monoisotopic (exact) mass is 293 g/mol. The SMILES string of the molecule is CCC(CC)OCNCNC(=O)[C@@H](N)Cc1ccccc1. The Labute approximate surface area is 127 Å². The van der Waals surface area contributed by atoms with Gasteiger partial charge in [0.05, 0.1) is 25.5 Å². The topological polar surface area (TPSA) is 76.4 Å². The van der Waals surface area contributed by atoms with E-state index < -0.39 is 6.04 Å². The molecule has 0 unspecified atom stereocenters. The first kappa shape index (κ1) is 17.6. The van der Waals surface area contributed by atoms with Crippen LogP contribution in [0.2, 0.25) is 0 Å². The van der Waals surface area contributed by atoms with Crippen LogP contribution in [0.5, 0.6) is 0 Å². The van der Waals surface area contributed by atoms with Crippen molar-refractivity contribution in [2.24, 2.45) is 5.73 Å². The van der Waals surface area contributed by atoms with Gasteiger partial charge < -0.3 is 15.8 Å². The summed E-state index contributed by atoms with van der Waals surface area (Å²) in [6.07, 6.45) is 2.80. The Hall–Kier alpha value is -1.43. The summed E-state index contributed by atoms with van der Waals surface area (Å²) in [5.74, 6) is -0.158. The van der Waals surface area contributed by atoms with E-state index in [1.165, 1.54) is 0 Å². The highest BCUT2D eigenvalue weighted by Crippen LogP contribution is 2.02. The van der Waals surface area contributed by atoms with Gasteiger partial charge in [-0.15, -0.1) is 0 Å². The van der Waals surface area contributed by atoms with Crippen molar-refractivity contribution >= 4 is 5.91 Å². The summed E-state index contributed by atoms with van der Waals surface area (Å²) in [4.78, 5) is 11.8. The Balaban J connectivity index is 2.15. The molecular formula is C16H27N3O2. The third kappa shape index (κ3) is 7.22. The van der Waals surface area contributed by atoms with Crippen LogP contribution in [-0.4, -0.2) is 31.5 Å². The molecule has 4 N–H and O–H groups in total. The van der Waals surface area contributed by atoms with Gasteiger partial charge in [0.1, 0.15) is 0 Å². The zero-order valence-corrected chi connectivity index (χ0v) is 13.0. The molecule has 0 aliphatic heterocycles. The van der Waals surface area contributed by atoms with Crippen LogP contribution in [0.15, 0.2) is 30.3 Å². The minimum absolute atomic E-state index is 0.158. The molecule has 0 heterocycles. The summed E-state index contributed by atoms with van der Waals surface area (Å²) in [7, 11) is 0. The van der Waals surface area contributed by atoms with E-state index in [0.717, 1.165) is 18.4 Å². The van der Waals surface area contributed by atoms with Crippen molar-refractivity contribution in [2.45, 2.75) is 45.3 Å². The molecule has 0 bridgehead atoms. The second-order valence-corrected chi connectivity index (χ2v) is 5.01. The molecule has 21 heavy (non-hydrogen) atoms. The van der Waals surface area contributed by atoms with Gasteiger partial charge in [0.15, 0.2) is 0 Å². The number of carbonyl (C=O) groups excluding carboxylic acids is 1. The number of ether oxygens (including phenoxy) is 1. The summed E-state index contributed by atoms with van der Waals surface area (Å²) < 4.78 is 5.58. The quantitative estimate of drug-likeness (QED) is 0.450. The van der Waals surface area contributed by atoms with Crippen molar-refractivity contribution in [2.75, 3.05) is 13.4 Å². The van der Waals surface area contributed by atoms with Gasteiger partial charge in [0.2, 0.25) is 5.91 Å². The van der Waals surface area contributed by atoms with Crippen LogP contribution in [0.25, 0.3) is 0 Å². The summed E-state index contributed by atoms with van der Waals surface area (Å²) >= 11 is 0. The van der Waals surface area contributed by atoms with E-state index in [2.05, 4.69) is 24.5 Å². The van der Waals surface area contributed by atoms with E-state index in [1.54, 1.807) is 0 Å². The minimum Gasteiger partial charge on any atom is -0.363 e. The lowest BCUT2D eigenvalue weighted by molar-refractivity contribution is -0.122. The number of amides is 1. The molecule has 0 radical (unpaired) electrons. The average molecular weight is 293 g/mol. The molecule has 0 spiro atoms. The summed E-state index contributed by atoms with van der Waals surface area (Å²) in [6.45, 7) is 4.99. The van der Waals surface area contributed by atoms with Gasteiger partial charge in [-0.2, -0.15) is 0 Å². The lowest BCUT2D eigenvalue weighted by Gasteiger charge is -2.16. The van der Waals surface area contributed by atoms with Gasteiger partial charge in [0, 0.05) is 0 Å². The highest BCUT2D eigenvalue weighted by Gasteiger charge is 2.13. The van der Waals surface area contributed by atoms with Crippen molar-refractivity contribution in [3.8, 4) is 0 Å². The molecule has 5 nitrogen and oxygen atoms in total. The largest absolute Gasteiger partial charge is 0.363 e. The molecule has 1 amide bonds. The predicted octanol–water partition coefficient (Wildman–Crippen LogP) is 1.38. The maximum atomic E-state index is 11.8. The van der Waals surface area contributed by atoms with Crippen LogP contribution in [0.1, 0.15) is 32.3 Å². The van der Waals surface area contributed by atoms with Crippen LogP contribution < -0.4 is 16.4 Å². The predicted molar refractivity (Wildman–Crippen MR) is 84.6 cm³/mol. The standard InChI is InChI=1S/C16H27N3O2/c1-3-14(4-2)21-12-18-11-19-16(20)15(17)10-13-8-6-5-7-9-13/h5-9,14-15,18H,3-4,10-12,17H2,1-2H3,(H,19,20)/t15-/m0/s1. The van der Waals surface area contributed by atoms with Crippen molar-refractivity contribution in [1.29, 1.82) is 0 Å². The molecule has 1 rings (SSSR count). The van der Waals surface area contributed by atoms with Gasteiger partial charge in [0.25, 0.3) is 0 Å². The average Bonchev–Trinajstić information content (AvgIpc) is 2.51. The molecule has 0 aromatic heterocycles. The van der Waals surface area contributed by atoms with Gasteiger partial charge in [-0.25, -0.2) is 0 Å². The first-order valence-corrected chi connectivity index (χ1v) is 7.56. The molecule has 0 aliphatic carbocycles. The number of hydrogen-bond acceptors (Lipinski definition) is 4. The molecule has 1 aromatic rings. The second kappa shape index (κ2) is 10.3. The summed E-state index contributed by atoms with van der Waals surface area (Å²) in [5.41, 5.74) is 6.94. The second-order valence-electron chi connectivity index (χ2n) is 5.01. The van der Waals surface area contributed by atoms with E-state index >= 15 is 0 Å². The first-order chi connectivity index (χ1) is 10.2. The number of hydrogen-bond donors (Lipinski definition) is 3. The molecule has 0 fully saturated rings. The smallest absolute Gasteiger partial charge is 0.238 e. The van der Waals surface area contributed by atoms with E-state index in [1.807, 2.05) is 30.3 Å². The third-order valence-corrected chi connectivity index (χ3v) is 3.35. The van der Waals surface area contributed by atoms with Crippen molar-refractivity contribution in [3.63, 3.8) is 0 Å². The van der Waals surface area contributed by atoms with Gasteiger partial charge >= 0.3 is 0 Å². The lowest BCUT2D eigenvalue weighted by Crippen LogP contribution is -2.45. The Bertz CT molecular complexity index is 394. The first-order valence-electron chi connectivity index (χ1n) is 7.56. The molecule has 5 heteroatoms. The lowest BCUT2D eigenvalue weighted by atomic mass is 10.1. The van der Waals surface area contributed by atoms with Crippen LogP contribution in [-0.2, 0) is 16.0 Å². The van der Waals surface area contributed by atoms with Crippen LogP contribution in [0, 0.1) is 0 Å². The molecular weight excluding hydrogens is 266 g/mol. The molecule has 1 aromatic carbocycles. The fourth-order valence-electron chi connectivity index (χ4n) is 1.99. The fourth-order valence-corrected chi connectivity index (χ4v) is 1.99. The third-order valence-electron chi connectivity index (χ3n) is 3.35. The highest BCUT2D eigenvalue weighted by molar-refractivity contribution is 5.81. The summed E-state index contributed by atoms with van der Waals surface area (Å²) in [6, 6.07) is 9.23. The Morgan fingerprint density at radius 2 is 1.90 bits per heavy atom. The minimum atomic E-state index is -0.533. The highest BCUT2D eigenvalue weighted by atomic mass is 16.5. The maximum absolute atomic E-state index is 11.8. The van der Waals surface area contributed by atoms with Gasteiger partial charge in [-0.3, -0.25) is 10.1 Å². The van der Waals surface area contributed by atoms with Gasteiger partial charge in [-0.05, 0) is 24.8 Å². The van der Waals surface area contributed by atoms with Crippen molar-refractivity contribution < 1.29 is 9.53 Å². The van der Waals surface area contributed by atoms with E-state index in [0.29, 0.717) is 19.8 Å². The normalized spacial score (nSPS) is 12.4. The molecule has 0 aliphatic rings. The van der Waals surface area contributed by atoms with E-state index in [9.17, 15) is 4.79 Å². The van der Waals surface area contributed by atoms with Crippen LogP contribution in [0.4, 0.5) is 0 Å². The van der Waals surface area contributed by atoms with E-state index in [-0.39, 0.29) is 12.0 Å². The van der Waals surface area contributed by atoms with Crippen LogP contribution in [0.3, 0.4) is 0 Å². The zero-order valence-electron chi connectivity index (χ0n) is 13.0. The van der Waals surface area contributed by atoms with Crippen molar-refractivity contribution in [3.05, 3.63) is 35.9 Å². The fraction of sp³-hybridized carbons (Fsp3) is 0.562. The molecule has 118 valence electrons. The number of benzene rings is 1. The maximum Gasteiger partial charge on any atom is 0.238 e. The Morgan fingerprint density at radius 3 is 2.52 bits per heavy atom. The Morgan fingerprint density at radius 1 is 1.24 bits per heavy atom. The van der Waals surface area contributed by atoms with Gasteiger partial charge in [-0.1, -0.05) is 44.2 Å². The van der Waals surface area contributed by atoms with Crippen molar-refractivity contribution in [1.82, 2.24) is 10.6 Å². The number of rotatable bonds is 10. The van der Waals surface area contributed by atoms with E-state index in [4.69, 9.17) is 10.5 Å². The van der Waals surface area contributed by atoms with Crippen LogP contribution >= 0.6 is 0 Å². The molecule has 0 saturated heterocycles. The number of nitrogens with two attached hydrogens (primary N) is 1.